The van der Waals surface area contributed by atoms with Gasteiger partial charge in [-0.15, -0.1) is 0 Å². The smallest absolute Gasteiger partial charge is 0.343 e. The number of carbonyl (C=O) groups is 3. The Hall–Kier alpha value is -5.74. The van der Waals surface area contributed by atoms with Gasteiger partial charge in [0, 0.05) is 33.3 Å². The zero-order chi connectivity index (χ0) is 32.2. The Morgan fingerprint density at radius 3 is 2.35 bits per heavy atom. The molecule has 10 heteroatoms. The average molecular weight is 677 g/mol. The lowest BCUT2D eigenvalue weighted by molar-refractivity contribution is -0.132. The third kappa shape index (κ3) is 6.24. The summed E-state index contributed by atoms with van der Waals surface area (Å²) in [6.07, 6.45) is 1.40. The number of ether oxygens (including phenoxy) is 3. The summed E-state index contributed by atoms with van der Waals surface area (Å²) in [6, 6.07) is 31.1. The number of halogens is 1. The number of H-pyrrole nitrogens is 1. The first-order valence-corrected chi connectivity index (χ1v) is 14.9. The molecule has 0 unspecified atom stereocenters. The molecule has 5 aromatic carbocycles. The molecule has 0 aliphatic heterocycles. The van der Waals surface area contributed by atoms with Crippen LogP contribution in [-0.4, -0.2) is 36.2 Å². The number of esters is 2. The topological polar surface area (TPSA) is 119 Å². The normalized spacial score (nSPS) is 11.1. The largest absolute Gasteiger partial charge is 0.493 e. The second kappa shape index (κ2) is 13.1. The Balaban J connectivity index is 1.27. The van der Waals surface area contributed by atoms with E-state index in [9.17, 15) is 14.4 Å². The molecule has 0 fully saturated rings. The number of fused-ring (bicyclic) bond motifs is 3. The van der Waals surface area contributed by atoms with Crippen molar-refractivity contribution in [3.63, 3.8) is 0 Å². The van der Waals surface area contributed by atoms with Crippen LogP contribution in [-0.2, 0) is 4.79 Å². The van der Waals surface area contributed by atoms with E-state index in [1.54, 1.807) is 18.2 Å². The van der Waals surface area contributed by atoms with E-state index in [1.807, 2.05) is 66.7 Å². The molecule has 0 aliphatic rings. The number of methoxy groups -OCH3 is 1. The molecule has 1 heterocycles. The van der Waals surface area contributed by atoms with Gasteiger partial charge < -0.3 is 19.2 Å². The van der Waals surface area contributed by atoms with Gasteiger partial charge in [0.2, 0.25) is 0 Å². The molecule has 0 spiro atoms. The van der Waals surface area contributed by atoms with Crippen LogP contribution in [0.2, 0.25) is 0 Å². The minimum atomic E-state index is -0.675. The first-order chi connectivity index (χ1) is 22.3. The van der Waals surface area contributed by atoms with Crippen LogP contribution in [0.4, 0.5) is 0 Å². The van der Waals surface area contributed by atoms with Gasteiger partial charge in [-0.3, -0.25) is 9.59 Å². The number of nitrogens with one attached hydrogen (secondary N) is 2. The van der Waals surface area contributed by atoms with Crippen molar-refractivity contribution in [1.82, 2.24) is 10.4 Å². The van der Waals surface area contributed by atoms with Gasteiger partial charge in [0.05, 0.1) is 24.4 Å². The fraction of sp³-hybridized carbons (Fsp3) is 0.0556. The SMILES string of the molecule is COc1cc(C(=O)Oc2ccc(Br)cc2C=NNC(=O)c2[nH]c3c(ccc4ccccc43)c2-c2ccccc2)ccc1OC(C)=O. The summed E-state index contributed by atoms with van der Waals surface area (Å²) in [4.78, 5) is 41.4. The Morgan fingerprint density at radius 1 is 0.804 bits per heavy atom. The van der Waals surface area contributed by atoms with E-state index >= 15 is 0 Å². The van der Waals surface area contributed by atoms with Crippen molar-refractivity contribution in [3.05, 3.63) is 124 Å². The lowest BCUT2D eigenvalue weighted by atomic mass is 9.99. The van der Waals surface area contributed by atoms with Gasteiger partial charge >= 0.3 is 11.9 Å². The van der Waals surface area contributed by atoms with Gasteiger partial charge in [-0.2, -0.15) is 5.10 Å². The number of hydrogen-bond donors (Lipinski definition) is 2. The maximum absolute atomic E-state index is 13.6. The van der Waals surface area contributed by atoms with Crippen molar-refractivity contribution in [1.29, 1.82) is 0 Å². The van der Waals surface area contributed by atoms with Gasteiger partial charge in [0.1, 0.15) is 11.4 Å². The van der Waals surface area contributed by atoms with E-state index in [0.717, 1.165) is 32.8 Å². The molecule has 0 bridgehead atoms. The van der Waals surface area contributed by atoms with Crippen LogP contribution in [0.1, 0.15) is 33.3 Å². The lowest BCUT2D eigenvalue weighted by Crippen LogP contribution is -2.19. The number of hydrogen-bond acceptors (Lipinski definition) is 7. The van der Waals surface area contributed by atoms with Crippen molar-refractivity contribution in [3.8, 4) is 28.4 Å². The zero-order valence-corrected chi connectivity index (χ0v) is 26.3. The quantitative estimate of drug-likeness (QED) is 0.0740. The summed E-state index contributed by atoms with van der Waals surface area (Å²) in [5.41, 5.74) is 6.09. The maximum atomic E-state index is 13.6. The molecular formula is C36H26BrN3O6. The molecule has 6 aromatic rings. The summed E-state index contributed by atoms with van der Waals surface area (Å²) in [5.74, 6) is -1.05. The molecule has 9 nitrogen and oxygen atoms in total. The Morgan fingerprint density at radius 2 is 1.57 bits per heavy atom. The van der Waals surface area contributed by atoms with Crippen LogP contribution in [0, 0.1) is 0 Å². The Kier molecular flexibility index (Phi) is 8.62. The third-order valence-corrected chi connectivity index (χ3v) is 7.68. The highest BCUT2D eigenvalue weighted by atomic mass is 79.9. The van der Waals surface area contributed by atoms with Crippen molar-refractivity contribution in [2.45, 2.75) is 6.92 Å². The Bertz CT molecular complexity index is 2160. The molecule has 1 aromatic heterocycles. The van der Waals surface area contributed by atoms with Crippen LogP contribution >= 0.6 is 15.9 Å². The average Bonchev–Trinajstić information content (AvgIpc) is 3.46. The highest BCUT2D eigenvalue weighted by Gasteiger charge is 2.21. The summed E-state index contributed by atoms with van der Waals surface area (Å²) >= 11 is 3.43. The maximum Gasteiger partial charge on any atom is 0.343 e. The van der Waals surface area contributed by atoms with Crippen LogP contribution < -0.4 is 19.6 Å². The molecule has 1 amide bonds. The summed E-state index contributed by atoms with van der Waals surface area (Å²) in [7, 11) is 1.40. The molecule has 0 atom stereocenters. The monoisotopic (exact) mass is 675 g/mol. The number of rotatable bonds is 8. The number of nitrogens with zero attached hydrogens (tertiary/aromatic N) is 1. The van der Waals surface area contributed by atoms with Crippen molar-refractivity contribution < 1.29 is 28.6 Å². The van der Waals surface area contributed by atoms with Gasteiger partial charge in [-0.25, -0.2) is 10.2 Å². The second-order valence-corrected chi connectivity index (χ2v) is 11.1. The zero-order valence-electron chi connectivity index (χ0n) is 24.7. The molecule has 2 N–H and O–H groups in total. The number of aromatic amines is 1. The molecule has 0 radical (unpaired) electrons. The van der Waals surface area contributed by atoms with Gasteiger partial charge in [0.25, 0.3) is 5.91 Å². The molecule has 46 heavy (non-hydrogen) atoms. The van der Waals surface area contributed by atoms with Crippen LogP contribution in [0.3, 0.4) is 0 Å². The van der Waals surface area contributed by atoms with Crippen molar-refractivity contribution in [2.24, 2.45) is 5.10 Å². The molecule has 0 saturated heterocycles. The van der Waals surface area contributed by atoms with Gasteiger partial charge in [0.15, 0.2) is 11.5 Å². The Labute approximate surface area is 271 Å². The second-order valence-electron chi connectivity index (χ2n) is 10.2. The first-order valence-electron chi connectivity index (χ1n) is 14.1. The van der Waals surface area contributed by atoms with E-state index in [1.165, 1.54) is 38.4 Å². The van der Waals surface area contributed by atoms with Crippen LogP contribution in [0.25, 0.3) is 32.8 Å². The van der Waals surface area contributed by atoms with Crippen LogP contribution in [0.5, 0.6) is 17.2 Å². The van der Waals surface area contributed by atoms with Crippen molar-refractivity contribution in [2.75, 3.05) is 7.11 Å². The molecule has 228 valence electrons. The predicted octanol–water partition coefficient (Wildman–Crippen LogP) is 7.67. The van der Waals surface area contributed by atoms with E-state index in [4.69, 9.17) is 14.2 Å². The minimum absolute atomic E-state index is 0.173. The summed E-state index contributed by atoms with van der Waals surface area (Å²) in [5, 5.41) is 7.17. The highest BCUT2D eigenvalue weighted by molar-refractivity contribution is 9.10. The highest BCUT2D eigenvalue weighted by Crippen LogP contribution is 2.36. The minimum Gasteiger partial charge on any atom is -0.493 e. The molecular weight excluding hydrogens is 650 g/mol. The fourth-order valence-corrected chi connectivity index (χ4v) is 5.51. The van der Waals surface area contributed by atoms with Gasteiger partial charge in [-0.1, -0.05) is 82.7 Å². The lowest BCUT2D eigenvalue weighted by Gasteiger charge is -2.11. The predicted molar refractivity (Wildman–Crippen MR) is 180 cm³/mol. The first kappa shape index (κ1) is 30.3. The van der Waals surface area contributed by atoms with E-state index in [-0.39, 0.29) is 22.8 Å². The summed E-state index contributed by atoms with van der Waals surface area (Å²) in [6.45, 7) is 1.27. The third-order valence-electron chi connectivity index (χ3n) is 7.19. The van der Waals surface area contributed by atoms with E-state index in [2.05, 4.69) is 31.4 Å². The van der Waals surface area contributed by atoms with Crippen LogP contribution in [0.15, 0.2) is 113 Å². The molecule has 6 rings (SSSR count). The molecule has 0 saturated carbocycles. The van der Waals surface area contributed by atoms with Gasteiger partial charge in [-0.05, 0) is 47.3 Å². The summed E-state index contributed by atoms with van der Waals surface area (Å²) < 4.78 is 16.8. The standard InChI is InChI=1S/C36H26BrN3O6/c1-21(41)45-30-16-13-24(19-31(30)44-2)36(43)46-29-17-14-26(37)18-25(29)20-38-40-35(42)34-32(23-9-4-3-5-10-23)28-15-12-22-8-6-7-11-27(22)33(28)39-34/h3-20,39H,1-2H3,(H,40,42). The number of amides is 1. The van der Waals surface area contributed by atoms with Crippen molar-refractivity contribution >= 4 is 61.7 Å². The number of hydrazone groups is 1. The van der Waals surface area contributed by atoms with E-state index < -0.39 is 17.8 Å². The fourth-order valence-electron chi connectivity index (χ4n) is 5.13. The number of carbonyl (C=O) groups excluding carboxylic acids is 3. The number of aromatic nitrogens is 1. The van der Waals surface area contributed by atoms with E-state index in [0.29, 0.717) is 15.7 Å². The molecule has 0 aliphatic carbocycles. The number of benzene rings is 5.